The number of rotatable bonds is 3. The van der Waals surface area contributed by atoms with Gasteiger partial charge in [0.15, 0.2) is 0 Å². The lowest BCUT2D eigenvalue weighted by Gasteiger charge is -1.79. The third kappa shape index (κ3) is 3.52. The molecule has 0 saturated heterocycles. The van der Waals surface area contributed by atoms with Crippen LogP contribution in [-0.4, -0.2) is 24.1 Å². The van der Waals surface area contributed by atoms with Crippen LogP contribution < -0.4 is 0 Å². The number of hydrogen-bond acceptors (Lipinski definition) is 3. The van der Waals surface area contributed by atoms with E-state index >= 15 is 0 Å². The molecule has 0 bridgehead atoms. The van der Waals surface area contributed by atoms with E-state index in [2.05, 4.69) is 0 Å². The number of ketones is 1. The number of hydrogen-bond donors (Lipinski definition) is 0. The highest BCUT2D eigenvalue weighted by molar-refractivity contribution is 7.99. The molecule has 0 fully saturated rings. The fourth-order valence-electron chi connectivity index (χ4n) is 0.161. The first-order valence-corrected chi connectivity index (χ1v) is 3.10. The third-order valence-electron chi connectivity index (χ3n) is 0.389. The maximum Gasteiger partial charge on any atom is 0.273 e. The molecule has 1 radical (unpaired) electrons. The van der Waals surface area contributed by atoms with Crippen molar-refractivity contribution in [1.29, 1.82) is 0 Å². The summed E-state index contributed by atoms with van der Waals surface area (Å²) in [5.74, 6) is -0.212. The maximum atomic E-state index is 9.97. The van der Waals surface area contributed by atoms with Gasteiger partial charge in [-0.15, -0.1) is 0 Å². The standard InChI is InChI=1S/C4H5O2S/c1-7-3-4(6)2-5/h3H2,1H3. The van der Waals surface area contributed by atoms with Crippen LogP contribution in [0.5, 0.6) is 0 Å². The lowest BCUT2D eigenvalue weighted by molar-refractivity contribution is -0.110. The summed E-state index contributed by atoms with van der Waals surface area (Å²) < 4.78 is 0. The monoisotopic (exact) mass is 117 g/mol. The number of carbonyl (C=O) groups is 1. The Morgan fingerprint density at radius 2 is 2.43 bits per heavy atom. The summed E-state index contributed by atoms with van der Waals surface area (Å²) in [7, 11) is 0. The fourth-order valence-corrected chi connectivity index (χ4v) is 0.482. The average Bonchev–Trinajstić information content (AvgIpc) is 1.68. The molecule has 0 aromatic rings. The van der Waals surface area contributed by atoms with Crippen molar-refractivity contribution in [1.82, 2.24) is 0 Å². The zero-order valence-electron chi connectivity index (χ0n) is 3.93. The topological polar surface area (TPSA) is 34.1 Å². The molecule has 0 aromatic heterocycles. The van der Waals surface area contributed by atoms with E-state index in [9.17, 15) is 9.59 Å². The van der Waals surface area contributed by atoms with Crippen molar-refractivity contribution in [3.63, 3.8) is 0 Å². The molecule has 7 heavy (non-hydrogen) atoms. The summed E-state index contributed by atoms with van der Waals surface area (Å²) in [4.78, 5) is 19.4. The molecule has 0 aliphatic carbocycles. The van der Waals surface area contributed by atoms with Gasteiger partial charge in [-0.25, -0.2) is 0 Å². The number of thioether (sulfide) groups is 1. The van der Waals surface area contributed by atoms with Crippen LogP contribution in [0.3, 0.4) is 0 Å². The molecule has 2 nitrogen and oxygen atoms in total. The van der Waals surface area contributed by atoms with E-state index in [1.165, 1.54) is 18.0 Å². The molecular weight excluding hydrogens is 112 g/mol. The molecule has 0 heterocycles. The molecule has 0 aliphatic heterocycles. The largest absolute Gasteiger partial charge is 0.289 e. The second-order valence-electron chi connectivity index (χ2n) is 0.958. The van der Waals surface area contributed by atoms with E-state index in [-0.39, 0.29) is 5.75 Å². The SMILES string of the molecule is CSCC(=O)[C]=O. The molecule has 0 saturated carbocycles. The molecule has 0 aromatic carbocycles. The minimum atomic E-state index is -0.465. The normalized spacial score (nSPS) is 8.14. The Balaban J connectivity index is 3.17. The van der Waals surface area contributed by atoms with Crippen LogP contribution in [0.2, 0.25) is 0 Å². The molecule has 0 amide bonds. The van der Waals surface area contributed by atoms with Crippen LogP contribution in [0.4, 0.5) is 0 Å². The Bertz CT molecular complexity index is 79.8. The molecule has 3 heteroatoms. The minimum Gasteiger partial charge on any atom is -0.289 e. The van der Waals surface area contributed by atoms with Crippen molar-refractivity contribution in [3.05, 3.63) is 0 Å². The highest BCUT2D eigenvalue weighted by Gasteiger charge is 1.94. The first-order chi connectivity index (χ1) is 3.31. The zero-order valence-corrected chi connectivity index (χ0v) is 4.75. The summed E-state index contributed by atoms with van der Waals surface area (Å²) in [5.41, 5.74) is 0. The molecule has 0 atom stereocenters. The molecule has 0 spiro atoms. The smallest absolute Gasteiger partial charge is 0.273 e. The Labute approximate surface area is 46.3 Å². The van der Waals surface area contributed by atoms with Gasteiger partial charge in [0, 0.05) is 0 Å². The van der Waals surface area contributed by atoms with Crippen LogP contribution >= 0.6 is 11.8 Å². The predicted octanol–water partition coefficient (Wildman–Crippen LogP) is 0.0282. The Kier molecular flexibility index (Phi) is 3.69. The summed E-state index contributed by atoms with van der Waals surface area (Å²) >= 11 is 1.32. The van der Waals surface area contributed by atoms with Crippen molar-refractivity contribution < 1.29 is 9.59 Å². The van der Waals surface area contributed by atoms with Crippen molar-refractivity contribution in [2.24, 2.45) is 0 Å². The molecule has 0 aliphatic rings. The predicted molar refractivity (Wildman–Crippen MR) is 29.1 cm³/mol. The van der Waals surface area contributed by atoms with Crippen LogP contribution in [-0.2, 0) is 9.59 Å². The van der Waals surface area contributed by atoms with Gasteiger partial charge in [0.2, 0.25) is 5.78 Å². The fraction of sp³-hybridized carbons (Fsp3) is 0.500. The van der Waals surface area contributed by atoms with Crippen molar-refractivity contribution in [3.8, 4) is 0 Å². The van der Waals surface area contributed by atoms with Crippen molar-refractivity contribution in [2.45, 2.75) is 0 Å². The first-order valence-electron chi connectivity index (χ1n) is 1.71. The van der Waals surface area contributed by atoms with E-state index in [1.54, 1.807) is 6.26 Å². The van der Waals surface area contributed by atoms with E-state index < -0.39 is 5.78 Å². The van der Waals surface area contributed by atoms with Gasteiger partial charge in [-0.3, -0.25) is 9.59 Å². The van der Waals surface area contributed by atoms with Gasteiger partial charge in [-0.1, -0.05) is 0 Å². The highest BCUT2D eigenvalue weighted by atomic mass is 32.2. The van der Waals surface area contributed by atoms with E-state index in [0.717, 1.165) is 0 Å². The van der Waals surface area contributed by atoms with Gasteiger partial charge in [0.1, 0.15) is 0 Å². The lowest BCUT2D eigenvalue weighted by Crippen LogP contribution is -2.00. The van der Waals surface area contributed by atoms with Gasteiger partial charge in [-0.05, 0) is 6.26 Å². The van der Waals surface area contributed by atoms with Gasteiger partial charge < -0.3 is 0 Å². The Morgan fingerprint density at radius 1 is 1.86 bits per heavy atom. The van der Waals surface area contributed by atoms with E-state index in [1.807, 2.05) is 0 Å². The third-order valence-corrected chi connectivity index (χ3v) is 0.940. The summed E-state index contributed by atoms with van der Waals surface area (Å²) in [6, 6.07) is 0. The van der Waals surface area contributed by atoms with Crippen LogP contribution in [0.25, 0.3) is 0 Å². The van der Waals surface area contributed by atoms with Gasteiger partial charge in [0.25, 0.3) is 6.29 Å². The Hall–Kier alpha value is -0.310. The second-order valence-corrected chi connectivity index (χ2v) is 1.82. The van der Waals surface area contributed by atoms with Gasteiger partial charge in [0.05, 0.1) is 5.75 Å². The number of carbonyl (C=O) groups excluding carboxylic acids is 2. The molecule has 0 N–H and O–H groups in total. The zero-order chi connectivity index (χ0) is 5.70. The summed E-state index contributed by atoms with van der Waals surface area (Å²) in [5, 5.41) is 0. The first kappa shape index (κ1) is 6.69. The lowest BCUT2D eigenvalue weighted by atomic mass is 10.5. The van der Waals surface area contributed by atoms with Crippen LogP contribution in [0.15, 0.2) is 0 Å². The average molecular weight is 117 g/mol. The van der Waals surface area contributed by atoms with Crippen molar-refractivity contribution >= 4 is 23.8 Å². The quantitative estimate of drug-likeness (QED) is 0.489. The second kappa shape index (κ2) is 3.87. The highest BCUT2D eigenvalue weighted by Crippen LogP contribution is 1.87. The van der Waals surface area contributed by atoms with Crippen LogP contribution in [0, 0.1) is 0 Å². The van der Waals surface area contributed by atoms with Gasteiger partial charge in [-0.2, -0.15) is 11.8 Å². The summed E-state index contributed by atoms with van der Waals surface area (Å²) in [6.45, 7) is 0. The molecule has 0 rings (SSSR count). The maximum absolute atomic E-state index is 9.97. The van der Waals surface area contributed by atoms with E-state index in [4.69, 9.17) is 0 Å². The van der Waals surface area contributed by atoms with Crippen LogP contribution in [0.1, 0.15) is 0 Å². The van der Waals surface area contributed by atoms with E-state index in [0.29, 0.717) is 0 Å². The molecule has 0 unspecified atom stereocenters. The minimum absolute atomic E-state index is 0.253. The van der Waals surface area contributed by atoms with Gasteiger partial charge >= 0.3 is 0 Å². The molecule has 39 valence electrons. The molecular formula is C4H5O2S. The Morgan fingerprint density at radius 3 is 2.57 bits per heavy atom. The van der Waals surface area contributed by atoms with Crippen molar-refractivity contribution in [2.75, 3.05) is 12.0 Å². The number of Topliss-reactive ketones (excluding diaryl/α,β-unsaturated/α-hetero) is 1. The summed E-state index contributed by atoms with van der Waals surface area (Å²) in [6.07, 6.45) is 3.02.